The van der Waals surface area contributed by atoms with Crippen molar-refractivity contribution >= 4 is 17.6 Å². The van der Waals surface area contributed by atoms with E-state index >= 15 is 0 Å². The van der Waals surface area contributed by atoms with Crippen LogP contribution in [0.4, 0.5) is 0 Å². The van der Waals surface area contributed by atoms with Crippen molar-refractivity contribution in [1.29, 1.82) is 5.26 Å². The number of benzene rings is 1. The van der Waals surface area contributed by atoms with Crippen LogP contribution in [0.1, 0.15) is 30.5 Å². The summed E-state index contributed by atoms with van der Waals surface area (Å²) in [7, 11) is 0. The standard InChI is InChI=1S/C13H14ClNO2/c1-3-10-5-9(7-13(16)17-4-2)6-12(14)11(10)8-15/h5-6H,3-4,7H2,1-2H3. The van der Waals surface area contributed by atoms with Crippen molar-refractivity contribution in [3.63, 3.8) is 0 Å². The topological polar surface area (TPSA) is 50.1 Å². The first-order chi connectivity index (χ1) is 8.12. The van der Waals surface area contributed by atoms with Crippen LogP contribution in [0.5, 0.6) is 0 Å². The van der Waals surface area contributed by atoms with Gasteiger partial charge < -0.3 is 4.74 Å². The molecule has 0 amide bonds. The van der Waals surface area contributed by atoms with Gasteiger partial charge in [0.05, 0.1) is 23.6 Å². The maximum absolute atomic E-state index is 11.3. The SMILES string of the molecule is CCOC(=O)Cc1cc(Cl)c(C#N)c(CC)c1. The van der Waals surface area contributed by atoms with Gasteiger partial charge >= 0.3 is 5.97 Å². The molecule has 0 aliphatic rings. The summed E-state index contributed by atoms with van der Waals surface area (Å²) in [6.45, 7) is 4.07. The highest BCUT2D eigenvalue weighted by Crippen LogP contribution is 2.22. The summed E-state index contributed by atoms with van der Waals surface area (Å²) in [5.74, 6) is -0.282. The minimum Gasteiger partial charge on any atom is -0.466 e. The zero-order chi connectivity index (χ0) is 12.8. The van der Waals surface area contributed by atoms with Crippen LogP contribution in [0.25, 0.3) is 0 Å². The maximum Gasteiger partial charge on any atom is 0.310 e. The van der Waals surface area contributed by atoms with Crippen LogP contribution in [-0.4, -0.2) is 12.6 Å². The van der Waals surface area contributed by atoms with E-state index in [1.54, 1.807) is 13.0 Å². The highest BCUT2D eigenvalue weighted by atomic mass is 35.5. The van der Waals surface area contributed by atoms with Crippen LogP contribution < -0.4 is 0 Å². The fourth-order valence-electron chi connectivity index (χ4n) is 1.61. The number of carbonyl (C=O) groups is 1. The number of nitrogens with zero attached hydrogens (tertiary/aromatic N) is 1. The van der Waals surface area contributed by atoms with E-state index in [0.29, 0.717) is 23.6 Å². The van der Waals surface area contributed by atoms with Crippen LogP contribution in [-0.2, 0) is 22.4 Å². The number of hydrogen-bond donors (Lipinski definition) is 0. The van der Waals surface area contributed by atoms with E-state index in [1.807, 2.05) is 13.0 Å². The third kappa shape index (κ3) is 3.47. The van der Waals surface area contributed by atoms with Crippen molar-refractivity contribution in [2.75, 3.05) is 6.61 Å². The Hall–Kier alpha value is -1.53. The summed E-state index contributed by atoms with van der Waals surface area (Å²) in [5.41, 5.74) is 2.13. The van der Waals surface area contributed by atoms with Gasteiger partial charge in [0, 0.05) is 0 Å². The second-order valence-corrected chi connectivity index (χ2v) is 3.97. The Morgan fingerprint density at radius 3 is 2.71 bits per heavy atom. The number of halogens is 1. The lowest BCUT2D eigenvalue weighted by atomic mass is 10.0. The Kier molecular flexibility index (Phi) is 4.99. The van der Waals surface area contributed by atoms with Crippen molar-refractivity contribution in [3.8, 4) is 6.07 Å². The second kappa shape index (κ2) is 6.27. The third-order valence-electron chi connectivity index (χ3n) is 2.38. The smallest absolute Gasteiger partial charge is 0.310 e. The van der Waals surface area contributed by atoms with Gasteiger partial charge in [-0.3, -0.25) is 4.79 Å². The number of esters is 1. The highest BCUT2D eigenvalue weighted by Gasteiger charge is 2.11. The first kappa shape index (κ1) is 13.5. The van der Waals surface area contributed by atoms with Crippen LogP contribution in [0.3, 0.4) is 0 Å². The third-order valence-corrected chi connectivity index (χ3v) is 2.68. The lowest BCUT2D eigenvalue weighted by Crippen LogP contribution is -2.08. The molecule has 0 aliphatic heterocycles. The van der Waals surface area contributed by atoms with Gasteiger partial charge in [0.1, 0.15) is 6.07 Å². The summed E-state index contributed by atoms with van der Waals surface area (Å²) in [6, 6.07) is 5.56. The molecule has 17 heavy (non-hydrogen) atoms. The molecule has 0 aromatic heterocycles. The van der Waals surface area contributed by atoms with Gasteiger partial charge in [-0.25, -0.2) is 0 Å². The predicted octanol–water partition coefficient (Wildman–Crippen LogP) is 2.88. The summed E-state index contributed by atoms with van der Waals surface area (Å²) in [4.78, 5) is 11.3. The molecule has 0 fully saturated rings. The van der Waals surface area contributed by atoms with E-state index in [0.717, 1.165) is 11.1 Å². The molecular formula is C13H14ClNO2. The van der Waals surface area contributed by atoms with Gasteiger partial charge in [-0.15, -0.1) is 0 Å². The largest absolute Gasteiger partial charge is 0.466 e. The van der Waals surface area contributed by atoms with Crippen molar-refractivity contribution < 1.29 is 9.53 Å². The second-order valence-electron chi connectivity index (χ2n) is 3.56. The minimum absolute atomic E-state index is 0.187. The van der Waals surface area contributed by atoms with Gasteiger partial charge in [0.25, 0.3) is 0 Å². The number of aryl methyl sites for hydroxylation is 1. The molecule has 0 heterocycles. The molecule has 1 aromatic rings. The molecule has 0 saturated carbocycles. The highest BCUT2D eigenvalue weighted by molar-refractivity contribution is 6.31. The molecule has 4 heteroatoms. The first-order valence-electron chi connectivity index (χ1n) is 5.49. The van der Waals surface area contributed by atoms with E-state index in [9.17, 15) is 4.79 Å². The monoisotopic (exact) mass is 251 g/mol. The zero-order valence-electron chi connectivity index (χ0n) is 9.92. The van der Waals surface area contributed by atoms with Crippen molar-refractivity contribution in [3.05, 3.63) is 33.8 Å². The van der Waals surface area contributed by atoms with Gasteiger partial charge in [-0.2, -0.15) is 5.26 Å². The molecule has 0 unspecified atom stereocenters. The van der Waals surface area contributed by atoms with Gasteiger partial charge in [-0.1, -0.05) is 24.6 Å². The molecule has 1 aromatic carbocycles. The molecule has 90 valence electrons. The average molecular weight is 252 g/mol. The Bertz CT molecular complexity index is 463. The molecule has 0 saturated heterocycles. The molecule has 0 atom stereocenters. The molecular weight excluding hydrogens is 238 g/mol. The molecule has 0 spiro atoms. The maximum atomic E-state index is 11.3. The first-order valence-corrected chi connectivity index (χ1v) is 5.87. The number of carbonyl (C=O) groups excluding carboxylic acids is 1. The summed E-state index contributed by atoms with van der Waals surface area (Å²) < 4.78 is 4.87. The number of ether oxygens (including phenoxy) is 1. The lowest BCUT2D eigenvalue weighted by Gasteiger charge is -2.07. The van der Waals surface area contributed by atoms with Crippen LogP contribution in [0.2, 0.25) is 5.02 Å². The normalized spacial score (nSPS) is 9.76. The van der Waals surface area contributed by atoms with Crippen LogP contribution in [0, 0.1) is 11.3 Å². The summed E-state index contributed by atoms with van der Waals surface area (Å²) in [5, 5.41) is 9.36. The molecule has 0 N–H and O–H groups in total. The van der Waals surface area contributed by atoms with Crippen LogP contribution in [0.15, 0.2) is 12.1 Å². The van der Waals surface area contributed by atoms with E-state index in [2.05, 4.69) is 6.07 Å². The molecule has 1 rings (SSSR count). The Labute approximate surface area is 106 Å². The lowest BCUT2D eigenvalue weighted by molar-refractivity contribution is -0.142. The Morgan fingerprint density at radius 2 is 2.18 bits per heavy atom. The zero-order valence-corrected chi connectivity index (χ0v) is 10.7. The van der Waals surface area contributed by atoms with Crippen molar-refractivity contribution in [1.82, 2.24) is 0 Å². The summed E-state index contributed by atoms with van der Waals surface area (Å²) >= 11 is 6.00. The summed E-state index contributed by atoms with van der Waals surface area (Å²) in [6.07, 6.45) is 0.894. The van der Waals surface area contributed by atoms with E-state index < -0.39 is 0 Å². The molecule has 0 radical (unpaired) electrons. The van der Waals surface area contributed by atoms with Crippen LogP contribution >= 0.6 is 11.6 Å². The fraction of sp³-hybridized carbons (Fsp3) is 0.385. The average Bonchev–Trinajstić information content (AvgIpc) is 2.28. The predicted molar refractivity (Wildman–Crippen MR) is 65.9 cm³/mol. The van der Waals surface area contributed by atoms with E-state index in [-0.39, 0.29) is 12.4 Å². The number of nitriles is 1. The van der Waals surface area contributed by atoms with Crippen molar-refractivity contribution in [2.24, 2.45) is 0 Å². The minimum atomic E-state index is -0.282. The van der Waals surface area contributed by atoms with Gasteiger partial charge in [-0.05, 0) is 30.5 Å². The van der Waals surface area contributed by atoms with E-state index in [1.165, 1.54) is 0 Å². The van der Waals surface area contributed by atoms with Gasteiger partial charge in [0.2, 0.25) is 0 Å². The van der Waals surface area contributed by atoms with Gasteiger partial charge in [0.15, 0.2) is 0 Å². The number of hydrogen-bond acceptors (Lipinski definition) is 3. The molecule has 3 nitrogen and oxygen atoms in total. The fourth-order valence-corrected chi connectivity index (χ4v) is 1.91. The molecule has 0 bridgehead atoms. The quantitative estimate of drug-likeness (QED) is 0.773. The number of rotatable bonds is 4. The Balaban J connectivity index is 3.00. The molecule has 0 aliphatic carbocycles. The Morgan fingerprint density at radius 1 is 1.47 bits per heavy atom. The van der Waals surface area contributed by atoms with Crippen molar-refractivity contribution in [2.45, 2.75) is 26.7 Å². The van der Waals surface area contributed by atoms with E-state index in [4.69, 9.17) is 21.6 Å².